The number of nitro groups is 1. The molecule has 1 saturated heterocycles. The summed E-state index contributed by atoms with van der Waals surface area (Å²) in [6, 6.07) is 3.63. The SMILES string of the molecule is COC(=O)c1ccc(O[C@H]2CCOC2=O)c([N+](=O)[O-])c1. The quantitative estimate of drug-likeness (QED) is 0.461. The van der Waals surface area contributed by atoms with Crippen molar-refractivity contribution in [3.8, 4) is 5.75 Å². The number of nitro benzene ring substituents is 1. The minimum atomic E-state index is -0.863. The molecule has 1 aliphatic rings. The molecule has 0 saturated carbocycles. The van der Waals surface area contributed by atoms with Crippen molar-refractivity contribution in [2.45, 2.75) is 12.5 Å². The molecule has 0 unspecified atom stereocenters. The lowest BCUT2D eigenvalue weighted by Gasteiger charge is -2.10. The van der Waals surface area contributed by atoms with Gasteiger partial charge >= 0.3 is 17.6 Å². The highest BCUT2D eigenvalue weighted by molar-refractivity contribution is 5.90. The van der Waals surface area contributed by atoms with E-state index in [-0.39, 0.29) is 17.9 Å². The molecular weight excluding hydrogens is 270 g/mol. The van der Waals surface area contributed by atoms with Crippen LogP contribution >= 0.6 is 0 Å². The van der Waals surface area contributed by atoms with Gasteiger partial charge in [0, 0.05) is 12.5 Å². The van der Waals surface area contributed by atoms with Crippen LogP contribution in [0.4, 0.5) is 5.69 Å². The van der Waals surface area contributed by atoms with Crippen LogP contribution in [0.1, 0.15) is 16.8 Å². The van der Waals surface area contributed by atoms with E-state index in [1.54, 1.807) is 0 Å². The molecule has 20 heavy (non-hydrogen) atoms. The second-order valence-corrected chi connectivity index (χ2v) is 3.99. The average molecular weight is 281 g/mol. The van der Waals surface area contributed by atoms with Gasteiger partial charge in [0.15, 0.2) is 11.9 Å². The third-order valence-corrected chi connectivity index (χ3v) is 2.73. The minimum Gasteiger partial charge on any atom is -0.471 e. The summed E-state index contributed by atoms with van der Waals surface area (Å²) in [6.07, 6.45) is -0.535. The van der Waals surface area contributed by atoms with Gasteiger partial charge in [0.05, 0.1) is 24.2 Å². The number of methoxy groups -OCH3 is 1. The first-order chi connectivity index (χ1) is 9.52. The van der Waals surface area contributed by atoms with E-state index in [2.05, 4.69) is 4.74 Å². The lowest BCUT2D eigenvalue weighted by Crippen LogP contribution is -2.22. The van der Waals surface area contributed by atoms with Gasteiger partial charge in [-0.05, 0) is 12.1 Å². The third-order valence-electron chi connectivity index (χ3n) is 2.73. The topological polar surface area (TPSA) is 105 Å². The summed E-state index contributed by atoms with van der Waals surface area (Å²) >= 11 is 0. The van der Waals surface area contributed by atoms with E-state index in [0.717, 1.165) is 6.07 Å². The monoisotopic (exact) mass is 281 g/mol. The number of hydrogen-bond donors (Lipinski definition) is 0. The Labute approximate surface area is 113 Å². The van der Waals surface area contributed by atoms with Crippen LogP contribution in [0.2, 0.25) is 0 Å². The van der Waals surface area contributed by atoms with E-state index in [4.69, 9.17) is 9.47 Å². The number of ether oxygens (including phenoxy) is 3. The maximum absolute atomic E-state index is 11.3. The summed E-state index contributed by atoms with van der Waals surface area (Å²) in [5, 5.41) is 11.0. The van der Waals surface area contributed by atoms with E-state index in [1.165, 1.54) is 19.2 Å². The Morgan fingerprint density at radius 1 is 1.50 bits per heavy atom. The molecule has 1 aliphatic heterocycles. The van der Waals surface area contributed by atoms with E-state index in [9.17, 15) is 19.7 Å². The molecular formula is C12H11NO7. The second-order valence-electron chi connectivity index (χ2n) is 3.99. The molecule has 1 atom stereocenters. The fraction of sp³-hybridized carbons (Fsp3) is 0.333. The molecule has 1 fully saturated rings. The van der Waals surface area contributed by atoms with Crippen molar-refractivity contribution >= 4 is 17.6 Å². The molecule has 0 aliphatic carbocycles. The van der Waals surface area contributed by atoms with E-state index >= 15 is 0 Å². The van der Waals surface area contributed by atoms with E-state index in [0.29, 0.717) is 6.42 Å². The minimum absolute atomic E-state index is 0.0283. The molecule has 8 heteroatoms. The molecule has 1 aromatic rings. The molecule has 0 spiro atoms. The third kappa shape index (κ3) is 2.68. The van der Waals surface area contributed by atoms with E-state index < -0.39 is 28.7 Å². The standard InChI is InChI=1S/C12H11NO7/c1-18-11(14)7-2-3-9(8(6-7)13(16)17)20-10-4-5-19-12(10)15/h2-3,6,10H,4-5H2,1H3/t10-/m0/s1. The normalized spacial score (nSPS) is 17.4. The Balaban J connectivity index is 2.30. The summed E-state index contributed by atoms with van der Waals surface area (Å²) in [7, 11) is 1.17. The molecule has 0 radical (unpaired) electrons. The van der Waals surface area contributed by atoms with Crippen LogP contribution < -0.4 is 4.74 Å². The highest BCUT2D eigenvalue weighted by Gasteiger charge is 2.31. The zero-order chi connectivity index (χ0) is 14.7. The van der Waals surface area contributed by atoms with Crippen molar-refractivity contribution in [3.05, 3.63) is 33.9 Å². The van der Waals surface area contributed by atoms with Crippen LogP contribution in [0.15, 0.2) is 18.2 Å². The lowest BCUT2D eigenvalue weighted by molar-refractivity contribution is -0.386. The van der Waals surface area contributed by atoms with E-state index in [1.807, 2.05) is 0 Å². The van der Waals surface area contributed by atoms with Gasteiger partial charge in [0.2, 0.25) is 0 Å². The Morgan fingerprint density at radius 3 is 2.80 bits per heavy atom. The van der Waals surface area contributed by atoms with Crippen molar-refractivity contribution in [1.82, 2.24) is 0 Å². The van der Waals surface area contributed by atoms with Gasteiger partial charge in [-0.15, -0.1) is 0 Å². The van der Waals surface area contributed by atoms with Crippen molar-refractivity contribution in [2.24, 2.45) is 0 Å². The van der Waals surface area contributed by atoms with Crippen molar-refractivity contribution in [2.75, 3.05) is 13.7 Å². The average Bonchev–Trinajstić information content (AvgIpc) is 2.83. The summed E-state index contributed by atoms with van der Waals surface area (Å²) in [5.41, 5.74) is -0.381. The number of nitrogens with zero attached hydrogens (tertiary/aromatic N) is 1. The Hall–Kier alpha value is -2.64. The predicted octanol–water partition coefficient (Wildman–Crippen LogP) is 1.08. The largest absolute Gasteiger partial charge is 0.471 e. The van der Waals surface area contributed by atoms with Gasteiger partial charge in [0.25, 0.3) is 0 Å². The van der Waals surface area contributed by atoms with Gasteiger partial charge in [0.1, 0.15) is 0 Å². The van der Waals surface area contributed by atoms with Gasteiger partial charge in [-0.2, -0.15) is 0 Å². The first-order valence-electron chi connectivity index (χ1n) is 5.73. The van der Waals surface area contributed by atoms with Gasteiger partial charge in [-0.1, -0.05) is 0 Å². The summed E-state index contributed by atoms with van der Waals surface area (Å²) in [5.74, 6) is -1.34. The number of carbonyl (C=O) groups is 2. The van der Waals surface area contributed by atoms with Crippen LogP contribution in [0.25, 0.3) is 0 Å². The zero-order valence-electron chi connectivity index (χ0n) is 10.5. The molecule has 1 heterocycles. The molecule has 0 aromatic heterocycles. The summed E-state index contributed by atoms with van der Waals surface area (Å²) < 4.78 is 14.5. The van der Waals surface area contributed by atoms with Crippen molar-refractivity contribution in [1.29, 1.82) is 0 Å². The summed E-state index contributed by atoms with van der Waals surface area (Å²) in [4.78, 5) is 32.9. The highest BCUT2D eigenvalue weighted by Crippen LogP contribution is 2.30. The molecule has 0 amide bonds. The van der Waals surface area contributed by atoms with Crippen LogP contribution in [0, 0.1) is 10.1 Å². The number of esters is 2. The van der Waals surface area contributed by atoms with Gasteiger partial charge in [-0.3, -0.25) is 10.1 Å². The zero-order valence-corrected chi connectivity index (χ0v) is 10.5. The van der Waals surface area contributed by atoms with Crippen molar-refractivity contribution in [3.63, 3.8) is 0 Å². The molecule has 0 N–H and O–H groups in total. The Kier molecular flexibility index (Phi) is 3.83. The molecule has 0 bridgehead atoms. The van der Waals surface area contributed by atoms with Gasteiger partial charge in [-0.25, -0.2) is 9.59 Å². The second kappa shape index (κ2) is 5.55. The number of hydrogen-bond acceptors (Lipinski definition) is 7. The Morgan fingerprint density at radius 2 is 2.25 bits per heavy atom. The molecule has 2 rings (SSSR count). The lowest BCUT2D eigenvalue weighted by atomic mass is 10.2. The predicted molar refractivity (Wildman–Crippen MR) is 64.4 cm³/mol. The number of cyclic esters (lactones) is 1. The van der Waals surface area contributed by atoms with Crippen LogP contribution in [-0.2, 0) is 14.3 Å². The highest BCUT2D eigenvalue weighted by atomic mass is 16.6. The Bertz CT molecular complexity index is 569. The first kappa shape index (κ1) is 13.8. The van der Waals surface area contributed by atoms with Crippen molar-refractivity contribution < 1.29 is 28.7 Å². The number of benzene rings is 1. The molecule has 8 nitrogen and oxygen atoms in total. The molecule has 106 valence electrons. The first-order valence-corrected chi connectivity index (χ1v) is 5.73. The summed E-state index contributed by atoms with van der Waals surface area (Å²) in [6.45, 7) is 0.220. The maximum atomic E-state index is 11.3. The fourth-order valence-corrected chi connectivity index (χ4v) is 1.74. The number of rotatable bonds is 4. The smallest absolute Gasteiger partial charge is 0.347 e. The fourth-order valence-electron chi connectivity index (χ4n) is 1.74. The van der Waals surface area contributed by atoms with Gasteiger partial charge < -0.3 is 14.2 Å². The maximum Gasteiger partial charge on any atom is 0.347 e. The molecule has 1 aromatic carbocycles. The number of carbonyl (C=O) groups excluding carboxylic acids is 2. The van der Waals surface area contributed by atoms with Crippen LogP contribution in [0.5, 0.6) is 5.75 Å². The van der Waals surface area contributed by atoms with Crippen LogP contribution in [0.3, 0.4) is 0 Å². The van der Waals surface area contributed by atoms with Crippen LogP contribution in [-0.4, -0.2) is 36.7 Å².